The molecule has 15 heavy (non-hydrogen) atoms. The lowest BCUT2D eigenvalue weighted by atomic mass is 10.1. The highest BCUT2D eigenvalue weighted by Gasteiger charge is 2.12. The second-order valence-electron chi connectivity index (χ2n) is 3.12. The fraction of sp³-hybridized carbons (Fsp3) is 0.500. The Bertz CT molecular complexity index is 329. The summed E-state index contributed by atoms with van der Waals surface area (Å²) >= 11 is 0. The number of methoxy groups -OCH3 is 2. The molecular weight excluding hydrogens is 196 g/mol. The molecule has 0 unspecified atom stereocenters. The van der Waals surface area contributed by atoms with Gasteiger partial charge in [-0.15, -0.1) is 0 Å². The number of pyridine rings is 1. The molecule has 2 N–H and O–H groups in total. The van der Waals surface area contributed by atoms with Gasteiger partial charge in [-0.25, -0.2) is 5.90 Å². The minimum atomic E-state index is 0.283. The van der Waals surface area contributed by atoms with Crippen LogP contribution in [0, 0.1) is 6.92 Å². The second kappa shape index (κ2) is 5.65. The van der Waals surface area contributed by atoms with Gasteiger partial charge in [-0.05, 0) is 6.92 Å². The topological polar surface area (TPSA) is 66.6 Å². The zero-order chi connectivity index (χ0) is 11.3. The van der Waals surface area contributed by atoms with Gasteiger partial charge < -0.3 is 9.47 Å². The molecule has 1 heterocycles. The second-order valence-corrected chi connectivity index (χ2v) is 3.12. The lowest BCUT2D eigenvalue weighted by Crippen LogP contribution is -2.07. The molecule has 0 saturated heterocycles. The molecule has 1 rings (SSSR count). The molecule has 84 valence electrons. The highest BCUT2D eigenvalue weighted by molar-refractivity contribution is 5.41. The number of hydrogen-bond acceptors (Lipinski definition) is 5. The van der Waals surface area contributed by atoms with Crippen molar-refractivity contribution in [2.75, 3.05) is 14.2 Å². The Morgan fingerprint density at radius 1 is 1.33 bits per heavy atom. The van der Waals surface area contributed by atoms with Gasteiger partial charge in [0.2, 0.25) is 0 Å². The van der Waals surface area contributed by atoms with Crippen LogP contribution in [-0.4, -0.2) is 19.2 Å². The van der Waals surface area contributed by atoms with Crippen LogP contribution < -0.4 is 10.6 Å². The van der Waals surface area contributed by atoms with E-state index < -0.39 is 0 Å². The Labute approximate surface area is 89.1 Å². The average molecular weight is 212 g/mol. The lowest BCUT2D eigenvalue weighted by molar-refractivity contribution is 0.118. The van der Waals surface area contributed by atoms with Crippen LogP contribution in [0.1, 0.15) is 16.8 Å². The van der Waals surface area contributed by atoms with Gasteiger partial charge in [-0.2, -0.15) is 0 Å². The van der Waals surface area contributed by atoms with Crippen LogP contribution in [0.2, 0.25) is 0 Å². The standard InChI is InChI=1S/C10H16N2O3/c1-7-10(14-3)9(6-15-11)8(4-12-7)5-13-2/h4H,5-6,11H2,1-3H3. The van der Waals surface area contributed by atoms with Crippen LogP contribution in [-0.2, 0) is 22.8 Å². The highest BCUT2D eigenvalue weighted by Crippen LogP contribution is 2.25. The molecule has 0 fully saturated rings. The summed E-state index contributed by atoms with van der Waals surface area (Å²) in [5, 5.41) is 0. The van der Waals surface area contributed by atoms with Crippen molar-refractivity contribution >= 4 is 0 Å². The summed E-state index contributed by atoms with van der Waals surface area (Å²) in [4.78, 5) is 8.86. The van der Waals surface area contributed by atoms with Crippen molar-refractivity contribution in [3.63, 3.8) is 0 Å². The van der Waals surface area contributed by atoms with E-state index in [1.165, 1.54) is 0 Å². The molecule has 0 aliphatic carbocycles. The van der Waals surface area contributed by atoms with Crippen molar-refractivity contribution in [1.82, 2.24) is 4.98 Å². The summed E-state index contributed by atoms with van der Waals surface area (Å²) in [7, 11) is 3.22. The van der Waals surface area contributed by atoms with Crippen LogP contribution in [0.15, 0.2) is 6.20 Å². The zero-order valence-corrected chi connectivity index (χ0v) is 9.24. The maximum Gasteiger partial charge on any atom is 0.146 e. The molecule has 1 aromatic rings. The van der Waals surface area contributed by atoms with Gasteiger partial charge >= 0.3 is 0 Å². The summed E-state index contributed by atoms with van der Waals surface area (Å²) in [6.07, 6.45) is 1.75. The zero-order valence-electron chi connectivity index (χ0n) is 9.24. The molecule has 0 amide bonds. The Morgan fingerprint density at radius 2 is 2.07 bits per heavy atom. The number of nitrogens with zero attached hydrogens (tertiary/aromatic N) is 1. The number of aromatic nitrogens is 1. The van der Waals surface area contributed by atoms with E-state index in [4.69, 9.17) is 15.4 Å². The van der Waals surface area contributed by atoms with Gasteiger partial charge in [0.1, 0.15) is 5.75 Å². The molecule has 0 radical (unpaired) electrons. The van der Waals surface area contributed by atoms with Gasteiger partial charge in [0.05, 0.1) is 26.0 Å². The van der Waals surface area contributed by atoms with Crippen molar-refractivity contribution in [2.24, 2.45) is 5.90 Å². The van der Waals surface area contributed by atoms with Gasteiger partial charge in [-0.3, -0.25) is 9.82 Å². The summed E-state index contributed by atoms with van der Waals surface area (Å²) in [5.41, 5.74) is 2.61. The summed E-state index contributed by atoms with van der Waals surface area (Å²) < 4.78 is 10.3. The number of aryl methyl sites for hydroxylation is 1. The number of hydrogen-bond donors (Lipinski definition) is 1. The monoisotopic (exact) mass is 212 g/mol. The smallest absolute Gasteiger partial charge is 0.146 e. The largest absolute Gasteiger partial charge is 0.494 e. The minimum Gasteiger partial charge on any atom is -0.494 e. The molecule has 0 saturated carbocycles. The predicted octanol–water partition coefficient (Wildman–Crippen LogP) is 0.935. The summed E-state index contributed by atoms with van der Waals surface area (Å²) in [6.45, 7) is 2.61. The normalized spacial score (nSPS) is 10.4. The third-order valence-corrected chi connectivity index (χ3v) is 2.14. The van der Waals surface area contributed by atoms with Crippen LogP contribution in [0.5, 0.6) is 5.75 Å². The molecule has 5 nitrogen and oxygen atoms in total. The first-order valence-corrected chi connectivity index (χ1v) is 4.56. The molecule has 0 spiro atoms. The first-order valence-electron chi connectivity index (χ1n) is 4.56. The first-order chi connectivity index (χ1) is 7.24. The van der Waals surface area contributed by atoms with Crippen molar-refractivity contribution in [3.05, 3.63) is 23.0 Å². The Balaban J connectivity index is 3.15. The molecule has 0 bridgehead atoms. The first kappa shape index (κ1) is 11.9. The summed E-state index contributed by atoms with van der Waals surface area (Å²) in [5.74, 6) is 5.79. The molecular formula is C10H16N2O3. The van der Waals surface area contributed by atoms with E-state index in [-0.39, 0.29) is 6.61 Å². The Kier molecular flexibility index (Phi) is 4.48. The van der Waals surface area contributed by atoms with E-state index in [0.717, 1.165) is 16.8 Å². The fourth-order valence-corrected chi connectivity index (χ4v) is 1.47. The molecule has 0 aliphatic heterocycles. The van der Waals surface area contributed by atoms with Crippen LogP contribution >= 0.6 is 0 Å². The van der Waals surface area contributed by atoms with E-state index in [9.17, 15) is 0 Å². The van der Waals surface area contributed by atoms with Crippen LogP contribution in [0.3, 0.4) is 0 Å². The van der Waals surface area contributed by atoms with Gasteiger partial charge in [0.15, 0.2) is 0 Å². The number of nitrogens with two attached hydrogens (primary N) is 1. The highest BCUT2D eigenvalue weighted by atomic mass is 16.6. The van der Waals surface area contributed by atoms with Gasteiger partial charge in [0, 0.05) is 24.4 Å². The SMILES string of the molecule is COCc1cnc(C)c(OC)c1CON. The Morgan fingerprint density at radius 3 is 2.60 bits per heavy atom. The lowest BCUT2D eigenvalue weighted by Gasteiger charge is -2.14. The number of ether oxygens (including phenoxy) is 2. The molecule has 0 aromatic carbocycles. The Hall–Kier alpha value is -1.17. The van der Waals surface area contributed by atoms with Crippen molar-refractivity contribution < 1.29 is 14.3 Å². The van der Waals surface area contributed by atoms with Crippen molar-refractivity contribution in [3.8, 4) is 5.75 Å². The van der Waals surface area contributed by atoms with E-state index in [1.54, 1.807) is 20.4 Å². The molecule has 0 atom stereocenters. The minimum absolute atomic E-state index is 0.283. The predicted molar refractivity (Wildman–Crippen MR) is 55.2 cm³/mol. The van der Waals surface area contributed by atoms with Crippen LogP contribution in [0.25, 0.3) is 0 Å². The van der Waals surface area contributed by atoms with Gasteiger partial charge in [0.25, 0.3) is 0 Å². The molecule has 0 aliphatic rings. The summed E-state index contributed by atoms with van der Waals surface area (Å²) in [6, 6.07) is 0. The molecule has 1 aromatic heterocycles. The quantitative estimate of drug-likeness (QED) is 0.735. The van der Waals surface area contributed by atoms with E-state index >= 15 is 0 Å². The van der Waals surface area contributed by atoms with E-state index in [1.807, 2.05) is 6.92 Å². The van der Waals surface area contributed by atoms with E-state index in [2.05, 4.69) is 9.82 Å². The van der Waals surface area contributed by atoms with Crippen LogP contribution in [0.4, 0.5) is 0 Å². The third kappa shape index (κ3) is 2.65. The maximum atomic E-state index is 5.26. The third-order valence-electron chi connectivity index (χ3n) is 2.14. The van der Waals surface area contributed by atoms with Gasteiger partial charge in [-0.1, -0.05) is 0 Å². The average Bonchev–Trinajstić information content (AvgIpc) is 2.23. The number of rotatable bonds is 5. The van der Waals surface area contributed by atoms with Crippen molar-refractivity contribution in [2.45, 2.75) is 20.1 Å². The maximum absolute atomic E-state index is 5.26. The molecule has 5 heteroatoms. The van der Waals surface area contributed by atoms with Crippen molar-refractivity contribution in [1.29, 1.82) is 0 Å². The fourth-order valence-electron chi connectivity index (χ4n) is 1.47. The van der Waals surface area contributed by atoms with E-state index in [0.29, 0.717) is 12.4 Å².